The van der Waals surface area contributed by atoms with Gasteiger partial charge in [0.05, 0.1) is 24.5 Å². The first-order valence-electron chi connectivity index (χ1n) is 10.3. The van der Waals surface area contributed by atoms with Gasteiger partial charge in [0.1, 0.15) is 6.04 Å². The molecule has 6 atom stereocenters. The molecule has 0 aromatic rings. The Morgan fingerprint density at radius 2 is 1.82 bits per heavy atom. The number of allylic oxidation sites excluding steroid dienone is 1. The lowest BCUT2D eigenvalue weighted by Crippen LogP contribution is -2.53. The normalized spacial score (nSPS) is 30.5. The molecule has 28 heavy (non-hydrogen) atoms. The number of likely N-dealkylation sites (tertiary alicyclic amines) is 1. The van der Waals surface area contributed by atoms with Crippen LogP contribution in [0, 0.1) is 29.6 Å². The Hall–Kier alpha value is -1.89. The number of hydrogen-bond acceptors (Lipinski definition) is 4. The Balaban J connectivity index is 2.51. The smallest absolute Gasteiger partial charge is 0.243 e. The molecule has 0 spiro atoms. The van der Waals surface area contributed by atoms with Crippen LogP contribution in [0.4, 0.5) is 0 Å². The molecule has 3 amide bonds. The standard InChI is InChI=1S/C21H35N3O4/c1-11(2)9-14(10-25)24-18(20(27)23-12(3)4)15-8-7-13(5)16(19(26)22-6)17(15)21(24)28/h7-8,11-18,25H,9-10H2,1-6H3,(H,22,26)(H,23,27)/t13-,14-,15+,16-,17+,18+/m1/s1. The summed E-state index contributed by atoms with van der Waals surface area (Å²) in [5, 5.41) is 15.6. The summed E-state index contributed by atoms with van der Waals surface area (Å²) in [5.74, 6) is -1.97. The predicted octanol–water partition coefficient (Wildman–Crippen LogP) is 0.929. The Kier molecular flexibility index (Phi) is 7.26. The summed E-state index contributed by atoms with van der Waals surface area (Å²) >= 11 is 0. The monoisotopic (exact) mass is 393 g/mol. The molecule has 7 nitrogen and oxygen atoms in total. The van der Waals surface area contributed by atoms with Crippen LogP contribution in [-0.2, 0) is 14.4 Å². The fourth-order valence-electron chi connectivity index (χ4n) is 4.69. The molecule has 1 aliphatic carbocycles. The molecule has 0 unspecified atom stereocenters. The molecule has 0 saturated carbocycles. The number of aliphatic hydroxyl groups is 1. The van der Waals surface area contributed by atoms with Crippen molar-refractivity contribution in [3.63, 3.8) is 0 Å². The molecule has 0 aromatic heterocycles. The van der Waals surface area contributed by atoms with Gasteiger partial charge in [0, 0.05) is 19.0 Å². The molecule has 2 rings (SSSR count). The van der Waals surface area contributed by atoms with Crippen LogP contribution in [0.5, 0.6) is 0 Å². The van der Waals surface area contributed by atoms with Gasteiger partial charge in [-0.1, -0.05) is 32.9 Å². The molecule has 1 fully saturated rings. The number of hydrogen-bond donors (Lipinski definition) is 3. The van der Waals surface area contributed by atoms with Gasteiger partial charge in [-0.3, -0.25) is 14.4 Å². The van der Waals surface area contributed by atoms with Crippen LogP contribution in [0.3, 0.4) is 0 Å². The van der Waals surface area contributed by atoms with Crippen molar-refractivity contribution in [3.8, 4) is 0 Å². The first kappa shape index (κ1) is 22.4. The van der Waals surface area contributed by atoms with E-state index < -0.39 is 23.9 Å². The summed E-state index contributed by atoms with van der Waals surface area (Å²) < 4.78 is 0. The van der Waals surface area contributed by atoms with Crippen molar-refractivity contribution in [2.24, 2.45) is 29.6 Å². The summed E-state index contributed by atoms with van der Waals surface area (Å²) in [4.78, 5) is 40.7. The van der Waals surface area contributed by atoms with E-state index in [2.05, 4.69) is 10.6 Å². The van der Waals surface area contributed by atoms with E-state index in [1.165, 1.54) is 0 Å². The maximum Gasteiger partial charge on any atom is 0.243 e. The molecule has 0 aromatic carbocycles. The lowest BCUT2D eigenvalue weighted by molar-refractivity contribution is -0.143. The Morgan fingerprint density at radius 3 is 2.32 bits per heavy atom. The van der Waals surface area contributed by atoms with Crippen LogP contribution in [0.25, 0.3) is 0 Å². The van der Waals surface area contributed by atoms with Crippen LogP contribution in [0.15, 0.2) is 12.2 Å². The zero-order chi connectivity index (χ0) is 21.2. The zero-order valence-electron chi connectivity index (χ0n) is 17.8. The second-order valence-corrected chi connectivity index (χ2v) is 8.81. The van der Waals surface area contributed by atoms with Crippen LogP contribution in [-0.4, -0.2) is 59.5 Å². The molecule has 1 heterocycles. The van der Waals surface area contributed by atoms with E-state index in [4.69, 9.17) is 0 Å². The van der Waals surface area contributed by atoms with Crippen molar-refractivity contribution in [1.29, 1.82) is 0 Å². The molecular weight excluding hydrogens is 358 g/mol. The third kappa shape index (κ3) is 4.24. The second-order valence-electron chi connectivity index (χ2n) is 8.81. The molecule has 3 N–H and O–H groups in total. The van der Waals surface area contributed by atoms with E-state index >= 15 is 0 Å². The maximum absolute atomic E-state index is 13.5. The van der Waals surface area contributed by atoms with Crippen molar-refractivity contribution < 1.29 is 19.5 Å². The molecule has 2 aliphatic rings. The van der Waals surface area contributed by atoms with E-state index in [1.54, 1.807) is 11.9 Å². The van der Waals surface area contributed by atoms with Crippen LogP contribution >= 0.6 is 0 Å². The number of rotatable bonds is 7. The lowest BCUT2D eigenvalue weighted by Gasteiger charge is -2.34. The van der Waals surface area contributed by atoms with E-state index in [9.17, 15) is 19.5 Å². The highest BCUT2D eigenvalue weighted by Crippen LogP contribution is 2.45. The lowest BCUT2D eigenvalue weighted by atomic mass is 9.70. The summed E-state index contributed by atoms with van der Waals surface area (Å²) in [6.45, 7) is 9.51. The van der Waals surface area contributed by atoms with E-state index in [-0.39, 0.29) is 48.1 Å². The van der Waals surface area contributed by atoms with Gasteiger partial charge in [-0.25, -0.2) is 0 Å². The predicted molar refractivity (Wildman–Crippen MR) is 107 cm³/mol. The van der Waals surface area contributed by atoms with Crippen molar-refractivity contribution in [3.05, 3.63) is 12.2 Å². The molecule has 0 radical (unpaired) electrons. The first-order chi connectivity index (χ1) is 13.1. The number of carbonyl (C=O) groups excluding carboxylic acids is 3. The van der Waals surface area contributed by atoms with E-state index in [0.717, 1.165) is 0 Å². The quantitative estimate of drug-likeness (QED) is 0.561. The highest BCUT2D eigenvalue weighted by Gasteiger charge is 2.57. The van der Waals surface area contributed by atoms with Gasteiger partial charge < -0.3 is 20.6 Å². The molecule has 1 aliphatic heterocycles. The van der Waals surface area contributed by atoms with Crippen molar-refractivity contribution in [2.75, 3.05) is 13.7 Å². The molecule has 158 valence electrons. The third-order valence-corrected chi connectivity index (χ3v) is 5.81. The summed E-state index contributed by atoms with van der Waals surface area (Å²) in [5.41, 5.74) is 0. The highest BCUT2D eigenvalue weighted by molar-refractivity contribution is 5.97. The molecule has 0 bridgehead atoms. The topological polar surface area (TPSA) is 98.7 Å². The average Bonchev–Trinajstić information content (AvgIpc) is 2.91. The third-order valence-electron chi connectivity index (χ3n) is 5.81. The van der Waals surface area contributed by atoms with Crippen LogP contribution < -0.4 is 10.6 Å². The van der Waals surface area contributed by atoms with E-state index in [0.29, 0.717) is 6.42 Å². The molecule has 1 saturated heterocycles. The Morgan fingerprint density at radius 1 is 1.18 bits per heavy atom. The maximum atomic E-state index is 13.5. The minimum absolute atomic E-state index is 0.0672. The highest BCUT2D eigenvalue weighted by atomic mass is 16.3. The number of aliphatic hydroxyl groups excluding tert-OH is 1. The van der Waals surface area contributed by atoms with Gasteiger partial charge in [0.25, 0.3) is 0 Å². The average molecular weight is 394 g/mol. The number of amides is 3. The zero-order valence-corrected chi connectivity index (χ0v) is 17.8. The van der Waals surface area contributed by atoms with Gasteiger partial charge in [-0.2, -0.15) is 0 Å². The second kappa shape index (κ2) is 9.07. The van der Waals surface area contributed by atoms with Gasteiger partial charge in [-0.15, -0.1) is 0 Å². The van der Waals surface area contributed by atoms with Gasteiger partial charge in [0.2, 0.25) is 17.7 Å². The Labute approximate surface area is 167 Å². The van der Waals surface area contributed by atoms with Crippen molar-refractivity contribution in [2.45, 2.75) is 59.2 Å². The van der Waals surface area contributed by atoms with E-state index in [1.807, 2.05) is 46.8 Å². The fraction of sp³-hybridized carbons (Fsp3) is 0.762. The summed E-state index contributed by atoms with van der Waals surface area (Å²) in [6.07, 6.45) is 4.45. The SMILES string of the molecule is CNC(=O)[C@H]1[C@H]2C(=O)N([C@@H](CO)CC(C)C)[C@H](C(=O)NC(C)C)[C@H]2C=C[C@H]1C. The number of carbonyl (C=O) groups is 3. The summed E-state index contributed by atoms with van der Waals surface area (Å²) in [6, 6.07) is -1.23. The molecule has 7 heteroatoms. The minimum atomic E-state index is -0.716. The minimum Gasteiger partial charge on any atom is -0.394 e. The molecular formula is C21H35N3O4. The van der Waals surface area contributed by atoms with Crippen molar-refractivity contribution >= 4 is 17.7 Å². The van der Waals surface area contributed by atoms with Gasteiger partial charge >= 0.3 is 0 Å². The van der Waals surface area contributed by atoms with Crippen LogP contribution in [0.1, 0.15) is 41.0 Å². The van der Waals surface area contributed by atoms with Gasteiger partial charge in [-0.05, 0) is 32.1 Å². The number of fused-ring (bicyclic) bond motifs is 1. The van der Waals surface area contributed by atoms with Gasteiger partial charge in [0.15, 0.2) is 0 Å². The van der Waals surface area contributed by atoms with Crippen LogP contribution in [0.2, 0.25) is 0 Å². The number of nitrogens with one attached hydrogen (secondary N) is 2. The van der Waals surface area contributed by atoms with Crippen molar-refractivity contribution in [1.82, 2.24) is 15.5 Å². The Bertz CT molecular complexity index is 631. The number of nitrogens with zero attached hydrogens (tertiary/aromatic N) is 1. The first-order valence-corrected chi connectivity index (χ1v) is 10.3. The summed E-state index contributed by atoms with van der Waals surface area (Å²) in [7, 11) is 1.57. The fourth-order valence-corrected chi connectivity index (χ4v) is 4.69. The largest absolute Gasteiger partial charge is 0.394 e.